The lowest BCUT2D eigenvalue weighted by Crippen LogP contribution is -2.54. The number of pyridine rings is 1. The number of aliphatic hydroxyl groups is 2. The second-order valence-electron chi connectivity index (χ2n) is 27.3. The molecule has 5 atom stereocenters. The van der Waals surface area contributed by atoms with Gasteiger partial charge >= 0.3 is 30.5 Å². The maximum Gasteiger partial charge on any atom is 0.415 e. The van der Waals surface area contributed by atoms with Crippen molar-refractivity contribution in [2.24, 2.45) is 16.8 Å². The highest BCUT2D eigenvalue weighted by Gasteiger charge is 2.38. The van der Waals surface area contributed by atoms with Gasteiger partial charge in [-0.2, -0.15) is 5.11 Å². The minimum absolute atomic E-state index is 0.0212. The minimum Gasteiger partial charge on any atom is -0.447 e. The number of fused-ring (bicyclic) bond motifs is 4. The lowest BCUT2D eigenvalue weighted by molar-refractivity contribution is -0.137. The molecule has 612 valence electrons. The minimum atomic E-state index is -1.32. The fourth-order valence-corrected chi connectivity index (χ4v) is 12.5. The fourth-order valence-electron chi connectivity index (χ4n) is 12.2. The molecule has 10 amide bonds. The van der Waals surface area contributed by atoms with Gasteiger partial charge in [0.2, 0.25) is 11.8 Å². The Bertz CT molecular complexity index is 4430. The van der Waals surface area contributed by atoms with E-state index in [9.17, 15) is 58.2 Å². The third kappa shape index (κ3) is 24.7. The number of aliphatic hydroxyl groups excluding tert-OH is 2. The van der Waals surface area contributed by atoms with Crippen LogP contribution in [0.1, 0.15) is 71.6 Å². The highest BCUT2D eigenvalue weighted by Crippen LogP contribution is 2.49. The smallest absolute Gasteiger partial charge is 0.415 e. The zero-order valence-corrected chi connectivity index (χ0v) is 64.9. The second kappa shape index (κ2) is 42.3. The number of piperazine rings is 1. The Kier molecular flexibility index (Phi) is 32.1. The van der Waals surface area contributed by atoms with E-state index < -0.39 is 90.6 Å². The molecule has 1 saturated heterocycles. The molecule has 3 aliphatic rings. The first-order valence-corrected chi connectivity index (χ1v) is 37.4. The number of aromatic nitrogens is 2. The van der Waals surface area contributed by atoms with Crippen molar-refractivity contribution < 1.29 is 91.3 Å². The normalized spacial score (nSPS) is 15.2. The Labute approximate surface area is 662 Å². The Morgan fingerprint density at radius 1 is 0.772 bits per heavy atom. The fraction of sp³-hybridized carbons (Fsp3) is 0.434. The molecule has 4 aromatic carbocycles. The molecule has 2 aromatic heterocycles. The van der Waals surface area contributed by atoms with Crippen molar-refractivity contribution in [2.45, 2.75) is 70.8 Å². The van der Waals surface area contributed by atoms with Crippen molar-refractivity contribution in [1.82, 2.24) is 60.5 Å². The van der Waals surface area contributed by atoms with Crippen LogP contribution in [0.5, 0.6) is 11.5 Å². The first-order chi connectivity index (χ1) is 54.8. The maximum absolute atomic E-state index is 13.8. The Hall–Kier alpha value is -11.6. The molecule has 9 rings (SSSR count). The summed E-state index contributed by atoms with van der Waals surface area (Å²) >= 11 is 6.64. The van der Waals surface area contributed by atoms with E-state index in [4.69, 9.17) is 61.0 Å². The van der Waals surface area contributed by atoms with Gasteiger partial charge in [-0.1, -0.05) is 44.2 Å². The molecule has 0 saturated carbocycles. The van der Waals surface area contributed by atoms with Gasteiger partial charge in [0.25, 0.3) is 17.7 Å². The number of imide groups is 1. The molecule has 114 heavy (non-hydrogen) atoms. The van der Waals surface area contributed by atoms with Crippen molar-refractivity contribution >= 4 is 105 Å². The van der Waals surface area contributed by atoms with Crippen LogP contribution in [0.2, 0.25) is 0 Å². The molecule has 6 aromatic rings. The van der Waals surface area contributed by atoms with Crippen molar-refractivity contribution in [3.8, 4) is 11.5 Å². The van der Waals surface area contributed by atoms with Crippen LogP contribution in [0.15, 0.2) is 126 Å². The van der Waals surface area contributed by atoms with Gasteiger partial charge in [0, 0.05) is 137 Å². The van der Waals surface area contributed by atoms with E-state index in [1.807, 2.05) is 37.1 Å². The van der Waals surface area contributed by atoms with Crippen LogP contribution in [0.3, 0.4) is 0 Å². The second-order valence-corrected chi connectivity index (χ2v) is 27.6. The zero-order chi connectivity index (χ0) is 82.0. The topological polar surface area (TPSA) is 459 Å². The predicted molar refractivity (Wildman–Crippen MR) is 416 cm³/mol. The first-order valence-electron chi connectivity index (χ1n) is 36.9. The number of aryl methyl sites for hydroxylation is 1. The van der Waals surface area contributed by atoms with Crippen LogP contribution in [-0.2, 0) is 49.5 Å². The van der Waals surface area contributed by atoms with E-state index in [-0.39, 0.29) is 127 Å². The summed E-state index contributed by atoms with van der Waals surface area (Å²) in [5.74, 6) is -2.40. The summed E-state index contributed by atoms with van der Waals surface area (Å²) in [5.41, 5.74) is 18.0. The van der Waals surface area contributed by atoms with Crippen LogP contribution < -0.4 is 57.3 Å². The number of alkyl halides is 1. The van der Waals surface area contributed by atoms with Gasteiger partial charge in [0.15, 0.2) is 12.6 Å². The van der Waals surface area contributed by atoms with E-state index in [1.165, 1.54) is 66.5 Å². The van der Waals surface area contributed by atoms with Gasteiger partial charge in [-0.15, -0.1) is 11.6 Å². The summed E-state index contributed by atoms with van der Waals surface area (Å²) in [5, 5.41) is 45.5. The highest BCUT2D eigenvalue weighted by molar-refractivity contribution is 6.19. The number of benzene rings is 4. The summed E-state index contributed by atoms with van der Waals surface area (Å²) in [6, 6.07) is 21.1. The van der Waals surface area contributed by atoms with Crippen LogP contribution >= 0.6 is 11.6 Å². The number of imidazole rings is 1. The summed E-state index contributed by atoms with van der Waals surface area (Å²) in [7, 11) is 5.00. The summed E-state index contributed by atoms with van der Waals surface area (Å²) in [6.07, 6.45) is 1.32. The lowest BCUT2D eigenvalue weighted by Gasteiger charge is -2.31. The molecule has 3 aliphatic heterocycles. The predicted octanol–water partition coefficient (Wildman–Crippen LogP) is 5.25. The van der Waals surface area contributed by atoms with Gasteiger partial charge in [0.05, 0.1) is 50.9 Å². The molecule has 1 fully saturated rings. The van der Waals surface area contributed by atoms with Gasteiger partial charge < -0.3 is 104 Å². The third-order valence-corrected chi connectivity index (χ3v) is 19.0. The number of likely N-dealkylation sites (N-methyl/N-ethyl adjacent to an activating group) is 3. The third-order valence-electron chi connectivity index (χ3n) is 18.6. The van der Waals surface area contributed by atoms with E-state index in [2.05, 4.69) is 47.2 Å². The molecular weight excluding hydrogens is 1500 g/mol. The van der Waals surface area contributed by atoms with Crippen molar-refractivity contribution in [3.05, 3.63) is 149 Å². The molecule has 0 spiro atoms. The molecule has 5 heterocycles. The van der Waals surface area contributed by atoms with E-state index in [1.54, 1.807) is 78.0 Å². The maximum atomic E-state index is 13.8. The Morgan fingerprint density at radius 2 is 1.46 bits per heavy atom. The largest absolute Gasteiger partial charge is 0.447 e. The average Bonchev–Trinajstić information content (AvgIpc) is 1.60. The van der Waals surface area contributed by atoms with Gasteiger partial charge in [-0.3, -0.25) is 39.9 Å². The highest BCUT2D eigenvalue weighted by atomic mass is 35.5. The standard InChI is InChI=1S/C76H97ClN18O19/c1-47(2)66(87-73(104)111-38-35-108-33-25-80-41-54(88-79)42-82-72(103)110-37-36-109-34-32-94-62(96)22-23-63(94)97)69(100)86-57(11-8-24-81-71(78)102)68(99)83-52-16-12-49(13-17-52)46-112-74(105)90(5)28-29-91(6)75(106)113-55-19-14-50(15-20-55)67(98)84-53-18-21-61-85-58(45-93(61)44-53)70(101)95-43-51(40-77)65-59(95)39-60(56-10-7-9-48(3)64(56)65)114-76(107)92-30-26-89(4)27-31-92/h7,9-10,12-23,39,41,44-45,47,51,57,66,70-71,79-81,101-102H,8,11,24-38,40,42-43,46,78H2,1-6H3,(H,82,103)(H,83,99)(H,84,98)(H,86,100)(H,87,104)/b54-41-,88-79?/t51-,57+,66+,70?,71?/m1/s1. The number of hydrogen-bond acceptors (Lipinski definition) is 27. The first kappa shape index (κ1) is 86.4. The molecule has 2 unspecified atom stereocenters. The van der Waals surface area contributed by atoms with E-state index >= 15 is 0 Å². The average molecular weight is 1600 g/mol. The molecular formula is C76H97ClN18O19. The number of amides is 10. The molecule has 37 nitrogen and oxygen atoms in total. The lowest BCUT2D eigenvalue weighted by atomic mass is 9.92. The number of carbonyl (C=O) groups is 10. The van der Waals surface area contributed by atoms with Crippen molar-refractivity contribution in [2.75, 3.05) is 154 Å². The quantitative estimate of drug-likeness (QED) is 0.00586. The van der Waals surface area contributed by atoms with Crippen LogP contribution in [0, 0.1) is 18.4 Å². The molecule has 0 radical (unpaired) electrons. The van der Waals surface area contributed by atoms with E-state index in [0.29, 0.717) is 59.4 Å². The number of alkyl carbamates (subject to hydrolysis) is 2. The molecule has 0 bridgehead atoms. The van der Waals surface area contributed by atoms with Gasteiger partial charge in [-0.25, -0.2) is 34.5 Å². The number of ether oxygens (including phenoxy) is 7. The summed E-state index contributed by atoms with van der Waals surface area (Å²) in [4.78, 5) is 143. The van der Waals surface area contributed by atoms with Gasteiger partial charge in [0.1, 0.15) is 54.7 Å². The zero-order valence-electron chi connectivity index (χ0n) is 64.1. The van der Waals surface area contributed by atoms with Crippen LogP contribution in [-0.4, -0.2) is 261 Å². The number of nitrogens with one attached hydrogen (secondary N) is 8. The number of hydrogen-bond donors (Lipinski definition) is 11. The van der Waals surface area contributed by atoms with Crippen molar-refractivity contribution in [1.29, 1.82) is 5.53 Å². The molecule has 38 heteroatoms. The Balaban J connectivity index is 0.662. The summed E-state index contributed by atoms with van der Waals surface area (Å²) in [6.45, 7) is 8.53. The van der Waals surface area contributed by atoms with Crippen molar-refractivity contribution in [3.63, 3.8) is 0 Å². The number of nitrogens with zero attached hydrogens (tertiary/aromatic N) is 9. The van der Waals surface area contributed by atoms with Gasteiger partial charge in [-0.05, 0) is 110 Å². The monoisotopic (exact) mass is 1600 g/mol. The van der Waals surface area contributed by atoms with Crippen LogP contribution in [0.25, 0.3) is 16.4 Å². The molecule has 0 aliphatic carbocycles. The number of carbonyl (C=O) groups excluding carboxylic acids is 10. The number of nitrogens with two attached hydrogens (primary N) is 1. The van der Waals surface area contributed by atoms with Crippen LogP contribution in [0.4, 0.5) is 41.0 Å². The molecule has 12 N–H and O–H groups in total. The number of anilines is 3. The number of rotatable bonds is 39. The number of halogens is 1. The van der Waals surface area contributed by atoms with E-state index in [0.717, 1.165) is 39.9 Å². The Morgan fingerprint density at radius 3 is 2.14 bits per heavy atom. The SMILES string of the molecule is Cc1cccc2c(OC(=O)N3CCN(C)CC3)cc3c(c12)[C@H](CCl)CN3C(O)c1cn2cc(NC(=O)c3ccc(OC(=O)N(C)CCN(C)C(=O)OCc4ccc(NC(=O)[C@H](CCCNC(N)O)NC(=O)[C@@H](NC(=O)OCCOCCN/C=C(/CNC(=O)OCCOCCN5C(=O)C=CC5=O)N=N)C(C)C)cc4)cc3)ccc2n1. The summed E-state index contributed by atoms with van der Waals surface area (Å²) < 4.78 is 40.0.